The first kappa shape index (κ1) is 10.0. The molecule has 1 rings (SSSR count). The fourth-order valence-corrected chi connectivity index (χ4v) is 7.40. The predicted octanol–water partition coefficient (Wildman–Crippen LogP) is 2.16. The monoisotopic (exact) mass is 244 g/mol. The fourth-order valence-electron chi connectivity index (χ4n) is 0.960. The minimum atomic E-state index is -0.853. The Morgan fingerprint density at radius 3 is 1.92 bits per heavy atom. The molecule has 0 bridgehead atoms. The third kappa shape index (κ3) is 3.57. The molecule has 66 valence electrons. The van der Waals surface area contributed by atoms with Gasteiger partial charge in [-0.3, -0.25) is 0 Å². The molecule has 0 saturated carbocycles. The summed E-state index contributed by atoms with van der Waals surface area (Å²) >= 11 is 0.737. The van der Waals surface area contributed by atoms with Crippen LogP contribution in [0.3, 0.4) is 0 Å². The van der Waals surface area contributed by atoms with Crippen LogP contribution in [0.2, 0.25) is 19.6 Å². The molecule has 1 aromatic rings. The van der Waals surface area contributed by atoms with E-state index in [2.05, 4.69) is 50.8 Å². The number of aryl methyl sites for hydroxylation is 1. The number of hydrogen-bond donors (Lipinski definition) is 0. The first-order valence-electron chi connectivity index (χ1n) is 4.23. The molecule has 0 heterocycles. The Kier molecular flexibility index (Phi) is 3.16. The van der Waals surface area contributed by atoms with Crippen molar-refractivity contribution in [2.24, 2.45) is 0 Å². The van der Waals surface area contributed by atoms with E-state index in [4.69, 9.17) is 0 Å². The van der Waals surface area contributed by atoms with Gasteiger partial charge in [0.25, 0.3) is 0 Å². The summed E-state index contributed by atoms with van der Waals surface area (Å²) in [5.41, 5.74) is 1.37. The summed E-state index contributed by atoms with van der Waals surface area (Å²) in [6.45, 7) is 8.60. The molecule has 2 heteroatoms. The Morgan fingerprint density at radius 2 is 1.50 bits per heavy atom. The molecule has 0 aliphatic rings. The Labute approximate surface area is 82.0 Å². The van der Waals surface area contributed by atoms with Gasteiger partial charge in [0.15, 0.2) is 0 Å². The van der Waals surface area contributed by atoms with E-state index in [9.17, 15) is 0 Å². The molecular formula is C10H16SeSi. The zero-order valence-electron chi connectivity index (χ0n) is 8.22. The van der Waals surface area contributed by atoms with E-state index in [0.717, 1.165) is 14.3 Å². The van der Waals surface area contributed by atoms with Crippen LogP contribution in [-0.4, -0.2) is 21.0 Å². The molecule has 0 saturated heterocycles. The van der Waals surface area contributed by atoms with E-state index < -0.39 is 6.68 Å². The Morgan fingerprint density at radius 1 is 1.00 bits per heavy atom. The zero-order valence-corrected chi connectivity index (χ0v) is 10.9. The van der Waals surface area contributed by atoms with Crippen LogP contribution in [0.5, 0.6) is 0 Å². The van der Waals surface area contributed by atoms with Crippen molar-refractivity contribution < 1.29 is 0 Å². The SMILES string of the molecule is Cc1ccc([Se][Si](C)(C)C)cc1. The van der Waals surface area contributed by atoms with Gasteiger partial charge in [0, 0.05) is 0 Å². The molecule has 0 aliphatic heterocycles. The second-order valence-electron chi connectivity index (χ2n) is 4.03. The van der Waals surface area contributed by atoms with E-state index in [1.165, 1.54) is 5.56 Å². The van der Waals surface area contributed by atoms with E-state index in [1.807, 2.05) is 0 Å². The average Bonchev–Trinajstić information content (AvgIpc) is 1.91. The molecule has 0 radical (unpaired) electrons. The molecule has 0 amide bonds. The summed E-state index contributed by atoms with van der Waals surface area (Å²) in [6, 6.07) is 9.01. The van der Waals surface area contributed by atoms with Crippen molar-refractivity contribution in [1.82, 2.24) is 0 Å². The van der Waals surface area contributed by atoms with Crippen LogP contribution in [0.1, 0.15) is 5.56 Å². The molecule has 0 unspecified atom stereocenters. The summed E-state index contributed by atoms with van der Waals surface area (Å²) in [5.74, 6) is 0. The molecule has 0 spiro atoms. The molecule has 1 aromatic carbocycles. The van der Waals surface area contributed by atoms with Crippen LogP contribution in [0.15, 0.2) is 24.3 Å². The van der Waals surface area contributed by atoms with Crippen LogP contribution < -0.4 is 4.46 Å². The van der Waals surface area contributed by atoms with Crippen LogP contribution >= 0.6 is 0 Å². The van der Waals surface area contributed by atoms with Gasteiger partial charge < -0.3 is 0 Å². The Bertz CT molecular complexity index is 246. The second-order valence-corrected chi connectivity index (χ2v) is 18.4. The summed E-state index contributed by atoms with van der Waals surface area (Å²) in [7, 11) is 0. The van der Waals surface area contributed by atoms with Gasteiger partial charge in [-0.15, -0.1) is 0 Å². The molecule has 0 fully saturated rings. The van der Waals surface area contributed by atoms with Crippen molar-refractivity contribution in [3.63, 3.8) is 0 Å². The molecule has 0 nitrogen and oxygen atoms in total. The van der Waals surface area contributed by atoms with Gasteiger partial charge in [-0.2, -0.15) is 0 Å². The van der Waals surface area contributed by atoms with Crippen molar-refractivity contribution in [2.75, 3.05) is 0 Å². The fraction of sp³-hybridized carbons (Fsp3) is 0.400. The van der Waals surface area contributed by atoms with Gasteiger partial charge in [-0.1, -0.05) is 0 Å². The Balaban J connectivity index is 2.71. The number of benzene rings is 1. The summed E-state index contributed by atoms with van der Waals surface area (Å²) < 4.78 is 1.56. The standard InChI is InChI=1S/C10H16SeSi/c1-9-5-7-10(8-6-9)11-12(2,3)4/h5-8H,1-4H3. The van der Waals surface area contributed by atoms with Crippen LogP contribution in [0.4, 0.5) is 0 Å². The van der Waals surface area contributed by atoms with Crippen molar-refractivity contribution in [3.8, 4) is 0 Å². The minimum absolute atomic E-state index is 0.737. The molecule has 12 heavy (non-hydrogen) atoms. The normalized spacial score (nSPS) is 11.7. The maximum absolute atomic E-state index is 2.44. The van der Waals surface area contributed by atoms with Gasteiger partial charge in [-0.25, -0.2) is 0 Å². The molecule has 0 atom stereocenters. The number of hydrogen-bond acceptors (Lipinski definition) is 0. The molecule has 0 N–H and O–H groups in total. The molecular weight excluding hydrogens is 227 g/mol. The van der Waals surface area contributed by atoms with Crippen LogP contribution in [0, 0.1) is 6.92 Å². The summed E-state index contributed by atoms with van der Waals surface area (Å²) in [6.07, 6.45) is 0. The third-order valence-corrected chi connectivity index (χ3v) is 8.20. The van der Waals surface area contributed by atoms with E-state index in [-0.39, 0.29) is 0 Å². The van der Waals surface area contributed by atoms with Gasteiger partial charge in [0.2, 0.25) is 0 Å². The summed E-state index contributed by atoms with van der Waals surface area (Å²) in [4.78, 5) is 0. The van der Waals surface area contributed by atoms with Crippen molar-refractivity contribution in [1.29, 1.82) is 0 Å². The zero-order chi connectivity index (χ0) is 9.19. The van der Waals surface area contributed by atoms with Crippen molar-refractivity contribution >= 4 is 25.5 Å². The van der Waals surface area contributed by atoms with Crippen LogP contribution in [-0.2, 0) is 0 Å². The first-order chi connectivity index (χ1) is 5.47. The van der Waals surface area contributed by atoms with Crippen LogP contribution in [0.25, 0.3) is 0 Å². The average molecular weight is 243 g/mol. The number of rotatable bonds is 2. The van der Waals surface area contributed by atoms with E-state index in [0.29, 0.717) is 0 Å². The quantitative estimate of drug-likeness (QED) is 0.698. The van der Waals surface area contributed by atoms with Gasteiger partial charge in [0.05, 0.1) is 0 Å². The van der Waals surface area contributed by atoms with E-state index >= 15 is 0 Å². The molecule has 0 aromatic heterocycles. The third-order valence-electron chi connectivity index (χ3n) is 1.45. The molecule has 0 aliphatic carbocycles. The van der Waals surface area contributed by atoms with Gasteiger partial charge in [0.1, 0.15) is 0 Å². The van der Waals surface area contributed by atoms with Crippen molar-refractivity contribution in [3.05, 3.63) is 29.8 Å². The Hall–Kier alpha value is -0.0436. The predicted molar refractivity (Wildman–Crippen MR) is 59.9 cm³/mol. The second kappa shape index (κ2) is 3.78. The van der Waals surface area contributed by atoms with Crippen molar-refractivity contribution in [2.45, 2.75) is 26.6 Å². The summed E-state index contributed by atoms with van der Waals surface area (Å²) in [5, 5.41) is 0. The first-order valence-corrected chi connectivity index (χ1v) is 11.1. The van der Waals surface area contributed by atoms with Gasteiger partial charge in [-0.05, 0) is 0 Å². The van der Waals surface area contributed by atoms with Gasteiger partial charge >= 0.3 is 81.9 Å². The van der Waals surface area contributed by atoms with E-state index in [1.54, 1.807) is 4.46 Å². The maximum atomic E-state index is 2.44. The topological polar surface area (TPSA) is 0 Å².